The minimum absolute atomic E-state index is 0.0835. The summed E-state index contributed by atoms with van der Waals surface area (Å²) in [4.78, 5) is 45.8. The van der Waals surface area contributed by atoms with Crippen molar-refractivity contribution >= 4 is 34.2 Å². The van der Waals surface area contributed by atoms with Crippen molar-refractivity contribution in [3.05, 3.63) is 35.2 Å². The highest BCUT2D eigenvalue weighted by atomic mass is 32.1. The molecule has 0 aliphatic carbocycles. The SMILES string of the molecule is O=C(Nc1nc(CC(=O)N2CCCCC2C(=O)N2CCCC2)cs1)c1ccco1. The number of hydrogen-bond acceptors (Lipinski definition) is 6. The molecule has 2 aromatic heterocycles. The molecule has 4 rings (SSSR count). The predicted octanol–water partition coefficient (Wildman–Crippen LogP) is 2.53. The van der Waals surface area contributed by atoms with Crippen molar-refractivity contribution in [1.82, 2.24) is 14.8 Å². The number of likely N-dealkylation sites (tertiary alicyclic amines) is 2. The molecule has 3 amide bonds. The summed E-state index contributed by atoms with van der Waals surface area (Å²) in [5.74, 6) is -0.180. The zero-order valence-electron chi connectivity index (χ0n) is 16.1. The van der Waals surface area contributed by atoms with E-state index in [2.05, 4.69) is 10.3 Å². The molecular formula is C20H24N4O4S. The van der Waals surface area contributed by atoms with Gasteiger partial charge in [0.15, 0.2) is 10.9 Å². The molecule has 1 atom stereocenters. The van der Waals surface area contributed by atoms with Gasteiger partial charge < -0.3 is 14.2 Å². The molecule has 1 unspecified atom stereocenters. The summed E-state index contributed by atoms with van der Waals surface area (Å²) in [7, 11) is 0. The normalized spacial score (nSPS) is 19.4. The quantitative estimate of drug-likeness (QED) is 0.808. The topological polar surface area (TPSA) is 95.8 Å². The molecule has 154 valence electrons. The number of furan rings is 1. The van der Waals surface area contributed by atoms with Crippen LogP contribution in [0.3, 0.4) is 0 Å². The highest BCUT2D eigenvalue weighted by Gasteiger charge is 2.35. The summed E-state index contributed by atoms with van der Waals surface area (Å²) in [5, 5.41) is 4.85. The van der Waals surface area contributed by atoms with Crippen LogP contribution in [0.2, 0.25) is 0 Å². The Morgan fingerprint density at radius 2 is 1.97 bits per heavy atom. The van der Waals surface area contributed by atoms with Gasteiger partial charge in [0.25, 0.3) is 5.91 Å². The van der Waals surface area contributed by atoms with E-state index in [0.29, 0.717) is 17.4 Å². The number of nitrogens with zero attached hydrogens (tertiary/aromatic N) is 3. The van der Waals surface area contributed by atoms with E-state index in [4.69, 9.17) is 4.42 Å². The summed E-state index contributed by atoms with van der Waals surface area (Å²) in [6, 6.07) is 2.85. The molecule has 9 heteroatoms. The molecule has 4 heterocycles. The average molecular weight is 417 g/mol. The summed E-state index contributed by atoms with van der Waals surface area (Å²) in [6.07, 6.45) is 6.24. The van der Waals surface area contributed by atoms with Crippen LogP contribution in [0.4, 0.5) is 5.13 Å². The Morgan fingerprint density at radius 1 is 1.17 bits per heavy atom. The van der Waals surface area contributed by atoms with Crippen LogP contribution in [-0.4, -0.2) is 58.2 Å². The van der Waals surface area contributed by atoms with E-state index in [1.165, 1.54) is 17.6 Å². The second kappa shape index (κ2) is 8.77. The highest BCUT2D eigenvalue weighted by molar-refractivity contribution is 7.14. The zero-order valence-corrected chi connectivity index (χ0v) is 17.0. The number of piperidine rings is 1. The van der Waals surface area contributed by atoms with Gasteiger partial charge in [-0.05, 0) is 44.2 Å². The number of carbonyl (C=O) groups is 3. The van der Waals surface area contributed by atoms with Gasteiger partial charge in [0, 0.05) is 25.0 Å². The fraction of sp³-hybridized carbons (Fsp3) is 0.500. The minimum atomic E-state index is -0.380. The Labute approximate surface area is 172 Å². The van der Waals surface area contributed by atoms with Crippen molar-refractivity contribution < 1.29 is 18.8 Å². The molecule has 29 heavy (non-hydrogen) atoms. The largest absolute Gasteiger partial charge is 0.459 e. The van der Waals surface area contributed by atoms with Gasteiger partial charge in [0.1, 0.15) is 6.04 Å². The first kappa shape index (κ1) is 19.6. The Hall–Kier alpha value is -2.68. The van der Waals surface area contributed by atoms with Gasteiger partial charge >= 0.3 is 0 Å². The Balaban J connectivity index is 1.38. The Morgan fingerprint density at radius 3 is 2.72 bits per heavy atom. The highest BCUT2D eigenvalue weighted by Crippen LogP contribution is 2.23. The van der Waals surface area contributed by atoms with Crippen molar-refractivity contribution in [1.29, 1.82) is 0 Å². The van der Waals surface area contributed by atoms with Crippen molar-refractivity contribution in [2.24, 2.45) is 0 Å². The molecule has 0 saturated carbocycles. The molecule has 2 fully saturated rings. The van der Waals surface area contributed by atoms with Gasteiger partial charge in [0.05, 0.1) is 18.4 Å². The summed E-state index contributed by atoms with van der Waals surface area (Å²) in [5.41, 5.74) is 0.590. The number of aromatic nitrogens is 1. The third-order valence-corrected chi connectivity index (χ3v) is 6.18. The van der Waals surface area contributed by atoms with Crippen molar-refractivity contribution in [3.8, 4) is 0 Å². The second-order valence-electron chi connectivity index (χ2n) is 7.38. The molecular weight excluding hydrogens is 392 g/mol. The van der Waals surface area contributed by atoms with Crippen LogP contribution < -0.4 is 5.32 Å². The number of anilines is 1. The monoisotopic (exact) mass is 416 g/mol. The van der Waals surface area contributed by atoms with E-state index in [0.717, 1.165) is 45.2 Å². The van der Waals surface area contributed by atoms with Gasteiger partial charge in [0.2, 0.25) is 11.8 Å². The third-order valence-electron chi connectivity index (χ3n) is 5.38. The Kier molecular flexibility index (Phi) is 5.94. The molecule has 0 bridgehead atoms. The number of amides is 3. The maximum atomic E-state index is 12.9. The third kappa shape index (κ3) is 4.50. The van der Waals surface area contributed by atoms with Crippen LogP contribution in [0.5, 0.6) is 0 Å². The molecule has 2 aromatic rings. The number of rotatable bonds is 5. The fourth-order valence-electron chi connectivity index (χ4n) is 3.90. The van der Waals surface area contributed by atoms with Gasteiger partial charge in [-0.25, -0.2) is 4.98 Å². The van der Waals surface area contributed by atoms with Crippen LogP contribution in [0.1, 0.15) is 48.4 Å². The lowest BCUT2D eigenvalue weighted by Gasteiger charge is -2.36. The lowest BCUT2D eigenvalue weighted by atomic mass is 10.00. The first-order valence-electron chi connectivity index (χ1n) is 9.99. The van der Waals surface area contributed by atoms with Crippen molar-refractivity contribution in [2.45, 2.75) is 44.6 Å². The predicted molar refractivity (Wildman–Crippen MR) is 108 cm³/mol. The summed E-state index contributed by atoms with van der Waals surface area (Å²) >= 11 is 1.26. The molecule has 0 aromatic carbocycles. The van der Waals surface area contributed by atoms with Crippen LogP contribution in [0.25, 0.3) is 0 Å². The first-order chi connectivity index (χ1) is 14.1. The van der Waals surface area contributed by atoms with Crippen molar-refractivity contribution in [3.63, 3.8) is 0 Å². The van der Waals surface area contributed by atoms with E-state index in [1.54, 1.807) is 22.4 Å². The van der Waals surface area contributed by atoms with E-state index in [-0.39, 0.29) is 35.9 Å². The minimum Gasteiger partial charge on any atom is -0.459 e. The summed E-state index contributed by atoms with van der Waals surface area (Å²) in [6.45, 7) is 2.19. The maximum absolute atomic E-state index is 12.9. The zero-order chi connectivity index (χ0) is 20.2. The lowest BCUT2D eigenvalue weighted by molar-refractivity contribution is -0.146. The maximum Gasteiger partial charge on any atom is 0.293 e. The number of hydrogen-bond donors (Lipinski definition) is 1. The average Bonchev–Trinajstić information content (AvgIpc) is 3.50. The summed E-state index contributed by atoms with van der Waals surface area (Å²) < 4.78 is 5.06. The molecule has 1 N–H and O–H groups in total. The molecule has 2 saturated heterocycles. The first-order valence-corrected chi connectivity index (χ1v) is 10.9. The van der Waals surface area contributed by atoms with E-state index in [1.807, 2.05) is 4.90 Å². The lowest BCUT2D eigenvalue weighted by Crippen LogP contribution is -2.53. The van der Waals surface area contributed by atoms with Crippen LogP contribution in [-0.2, 0) is 16.0 Å². The number of carbonyl (C=O) groups excluding carboxylic acids is 3. The van der Waals surface area contributed by atoms with Gasteiger partial charge in [-0.3, -0.25) is 19.7 Å². The van der Waals surface area contributed by atoms with Gasteiger partial charge in [-0.1, -0.05) is 0 Å². The second-order valence-corrected chi connectivity index (χ2v) is 8.24. The molecule has 0 spiro atoms. The van der Waals surface area contributed by atoms with Crippen LogP contribution in [0, 0.1) is 0 Å². The smallest absolute Gasteiger partial charge is 0.293 e. The number of nitrogens with one attached hydrogen (secondary N) is 1. The van der Waals surface area contributed by atoms with Crippen LogP contribution >= 0.6 is 11.3 Å². The van der Waals surface area contributed by atoms with Crippen molar-refractivity contribution in [2.75, 3.05) is 25.0 Å². The molecule has 2 aliphatic rings. The van der Waals surface area contributed by atoms with Gasteiger partial charge in [-0.15, -0.1) is 11.3 Å². The fourth-order valence-corrected chi connectivity index (χ4v) is 4.61. The standard InChI is InChI=1S/C20H24N4O4S/c25-17(24-10-2-1-6-15(24)19(27)23-8-3-4-9-23)12-14-13-29-20(21-14)22-18(26)16-7-5-11-28-16/h5,7,11,13,15H,1-4,6,8-10,12H2,(H,21,22,26). The number of thiazole rings is 1. The molecule has 2 aliphatic heterocycles. The van der Waals surface area contributed by atoms with Gasteiger partial charge in [-0.2, -0.15) is 0 Å². The van der Waals surface area contributed by atoms with E-state index >= 15 is 0 Å². The van der Waals surface area contributed by atoms with Crippen LogP contribution in [0.15, 0.2) is 28.2 Å². The van der Waals surface area contributed by atoms with E-state index < -0.39 is 0 Å². The Bertz CT molecular complexity index is 873. The van der Waals surface area contributed by atoms with E-state index in [9.17, 15) is 14.4 Å². The molecule has 8 nitrogen and oxygen atoms in total. The molecule has 0 radical (unpaired) electrons.